The second-order valence-corrected chi connectivity index (χ2v) is 5.40. The molecule has 2 nitrogen and oxygen atoms in total. The molecule has 0 bridgehead atoms. The summed E-state index contributed by atoms with van der Waals surface area (Å²) in [5, 5.41) is 3.42. The molecule has 2 heteroatoms. The summed E-state index contributed by atoms with van der Waals surface area (Å²) in [5.74, 6) is 0. The molecule has 0 saturated carbocycles. The second kappa shape index (κ2) is 7.55. The van der Waals surface area contributed by atoms with E-state index in [0.717, 1.165) is 19.5 Å². The fraction of sp³-hybridized carbons (Fsp3) is 0.625. The summed E-state index contributed by atoms with van der Waals surface area (Å²) in [4.78, 5) is 0. The predicted octanol–water partition coefficient (Wildman–Crippen LogP) is 3.89. The molecular formula is C16H27NO. The first-order valence-electron chi connectivity index (χ1n) is 7.00. The molecule has 102 valence electrons. The van der Waals surface area contributed by atoms with Crippen molar-refractivity contribution in [2.45, 2.75) is 59.3 Å². The Labute approximate surface area is 112 Å². The zero-order chi connectivity index (χ0) is 13.4. The van der Waals surface area contributed by atoms with E-state index in [1.807, 2.05) is 0 Å². The molecule has 0 fully saturated rings. The summed E-state index contributed by atoms with van der Waals surface area (Å²) in [7, 11) is 0. The van der Waals surface area contributed by atoms with Crippen LogP contribution in [0.2, 0.25) is 0 Å². The van der Waals surface area contributed by atoms with Crippen LogP contribution in [0.15, 0.2) is 24.3 Å². The van der Waals surface area contributed by atoms with Gasteiger partial charge in [-0.15, -0.1) is 0 Å². The van der Waals surface area contributed by atoms with Crippen LogP contribution in [-0.4, -0.2) is 12.1 Å². The second-order valence-electron chi connectivity index (χ2n) is 5.40. The Kier molecular flexibility index (Phi) is 6.37. The maximum atomic E-state index is 5.92. The van der Waals surface area contributed by atoms with Crippen LogP contribution in [-0.2, 0) is 17.9 Å². The van der Waals surface area contributed by atoms with Gasteiger partial charge in [0.05, 0.1) is 12.2 Å². The average Bonchev–Trinajstić information content (AvgIpc) is 2.38. The van der Waals surface area contributed by atoms with Gasteiger partial charge in [-0.3, -0.25) is 0 Å². The first kappa shape index (κ1) is 15.2. The average molecular weight is 249 g/mol. The number of hydrogen-bond acceptors (Lipinski definition) is 2. The Morgan fingerprint density at radius 1 is 1.17 bits per heavy atom. The number of nitrogens with one attached hydrogen (secondary N) is 1. The van der Waals surface area contributed by atoms with Gasteiger partial charge in [0, 0.05) is 6.54 Å². The summed E-state index contributed by atoms with van der Waals surface area (Å²) in [5.41, 5.74) is 2.56. The molecule has 0 unspecified atom stereocenters. The van der Waals surface area contributed by atoms with Crippen molar-refractivity contribution in [3.63, 3.8) is 0 Å². The number of benzene rings is 1. The van der Waals surface area contributed by atoms with Crippen LogP contribution >= 0.6 is 0 Å². The molecule has 0 atom stereocenters. The minimum atomic E-state index is -0.0313. The fourth-order valence-corrected chi connectivity index (χ4v) is 1.62. The third kappa shape index (κ3) is 5.65. The highest BCUT2D eigenvalue weighted by molar-refractivity contribution is 5.22. The Morgan fingerprint density at radius 3 is 2.56 bits per heavy atom. The van der Waals surface area contributed by atoms with E-state index in [-0.39, 0.29) is 5.60 Å². The number of ether oxygens (including phenoxy) is 1. The Bertz CT molecular complexity index is 347. The van der Waals surface area contributed by atoms with Crippen molar-refractivity contribution < 1.29 is 4.74 Å². The number of rotatable bonds is 8. The molecule has 1 rings (SSSR count). The lowest BCUT2D eigenvalue weighted by atomic mass is 10.1. The van der Waals surface area contributed by atoms with Crippen molar-refractivity contribution >= 4 is 0 Å². The van der Waals surface area contributed by atoms with Crippen LogP contribution in [0.3, 0.4) is 0 Å². The van der Waals surface area contributed by atoms with Gasteiger partial charge in [-0.25, -0.2) is 0 Å². The van der Waals surface area contributed by atoms with Gasteiger partial charge >= 0.3 is 0 Å². The highest BCUT2D eigenvalue weighted by Gasteiger charge is 2.14. The van der Waals surface area contributed by atoms with Crippen LogP contribution in [0, 0.1) is 0 Å². The van der Waals surface area contributed by atoms with E-state index in [0.29, 0.717) is 6.61 Å². The Morgan fingerprint density at radius 2 is 1.89 bits per heavy atom. The topological polar surface area (TPSA) is 21.3 Å². The first-order valence-corrected chi connectivity index (χ1v) is 7.00. The summed E-state index contributed by atoms with van der Waals surface area (Å²) in [6.07, 6.45) is 2.21. The molecule has 0 heterocycles. The van der Waals surface area contributed by atoms with E-state index in [1.54, 1.807) is 0 Å². The van der Waals surface area contributed by atoms with Crippen molar-refractivity contribution in [1.29, 1.82) is 0 Å². The van der Waals surface area contributed by atoms with E-state index in [2.05, 4.69) is 57.3 Å². The maximum absolute atomic E-state index is 5.92. The van der Waals surface area contributed by atoms with Crippen LogP contribution in [0.25, 0.3) is 0 Å². The lowest BCUT2D eigenvalue weighted by Crippen LogP contribution is -2.22. The van der Waals surface area contributed by atoms with E-state index in [1.165, 1.54) is 17.5 Å². The van der Waals surface area contributed by atoms with Gasteiger partial charge in [-0.1, -0.05) is 38.1 Å². The van der Waals surface area contributed by atoms with Gasteiger partial charge in [0.25, 0.3) is 0 Å². The zero-order valence-corrected chi connectivity index (χ0v) is 12.3. The van der Waals surface area contributed by atoms with Crippen LogP contribution in [0.4, 0.5) is 0 Å². The third-order valence-electron chi connectivity index (χ3n) is 3.23. The summed E-state index contributed by atoms with van der Waals surface area (Å²) < 4.78 is 5.92. The maximum Gasteiger partial charge on any atom is 0.0724 e. The molecule has 0 saturated heterocycles. The monoisotopic (exact) mass is 249 g/mol. The Balaban J connectivity index is 2.49. The van der Waals surface area contributed by atoms with Gasteiger partial charge in [-0.05, 0) is 44.4 Å². The van der Waals surface area contributed by atoms with Crippen molar-refractivity contribution in [2.24, 2.45) is 0 Å². The highest BCUT2D eigenvalue weighted by atomic mass is 16.5. The summed E-state index contributed by atoms with van der Waals surface area (Å²) in [6, 6.07) is 8.64. The van der Waals surface area contributed by atoms with Crippen LogP contribution in [0.5, 0.6) is 0 Å². The molecule has 0 aromatic heterocycles. The van der Waals surface area contributed by atoms with Gasteiger partial charge < -0.3 is 10.1 Å². The van der Waals surface area contributed by atoms with Gasteiger partial charge in [-0.2, -0.15) is 0 Å². The van der Waals surface area contributed by atoms with Crippen molar-refractivity contribution in [2.75, 3.05) is 6.54 Å². The normalized spacial score (nSPS) is 11.8. The van der Waals surface area contributed by atoms with E-state index >= 15 is 0 Å². The highest BCUT2D eigenvalue weighted by Crippen LogP contribution is 2.17. The van der Waals surface area contributed by atoms with E-state index < -0.39 is 0 Å². The lowest BCUT2D eigenvalue weighted by molar-refractivity contribution is -0.0316. The quantitative estimate of drug-likeness (QED) is 0.706. The number of hydrogen-bond donors (Lipinski definition) is 1. The van der Waals surface area contributed by atoms with Gasteiger partial charge in [0.1, 0.15) is 0 Å². The van der Waals surface area contributed by atoms with Crippen molar-refractivity contribution in [3.05, 3.63) is 35.4 Å². The smallest absolute Gasteiger partial charge is 0.0724 e. The van der Waals surface area contributed by atoms with Gasteiger partial charge in [0.15, 0.2) is 0 Å². The molecule has 1 aromatic rings. The zero-order valence-electron chi connectivity index (χ0n) is 12.3. The predicted molar refractivity (Wildman–Crippen MR) is 77.6 cm³/mol. The standard InChI is InChI=1S/C16H27NO/c1-5-10-17-12-14-8-7-9-15(11-14)13-18-16(3,4)6-2/h7-9,11,17H,5-6,10,12-13H2,1-4H3. The SMILES string of the molecule is CCCNCc1cccc(COC(C)(C)CC)c1. The minimum Gasteiger partial charge on any atom is -0.371 e. The fourth-order valence-electron chi connectivity index (χ4n) is 1.62. The molecule has 0 aliphatic carbocycles. The molecule has 0 aliphatic heterocycles. The van der Waals surface area contributed by atoms with Crippen LogP contribution < -0.4 is 5.32 Å². The first-order chi connectivity index (χ1) is 8.57. The molecule has 0 amide bonds. The lowest BCUT2D eigenvalue weighted by Gasteiger charge is -2.23. The van der Waals surface area contributed by atoms with Crippen molar-refractivity contribution in [3.8, 4) is 0 Å². The summed E-state index contributed by atoms with van der Waals surface area (Å²) >= 11 is 0. The molecule has 0 spiro atoms. The van der Waals surface area contributed by atoms with Crippen molar-refractivity contribution in [1.82, 2.24) is 5.32 Å². The van der Waals surface area contributed by atoms with Gasteiger partial charge in [0.2, 0.25) is 0 Å². The van der Waals surface area contributed by atoms with Crippen LogP contribution in [0.1, 0.15) is 51.7 Å². The van der Waals surface area contributed by atoms with E-state index in [4.69, 9.17) is 4.74 Å². The Hall–Kier alpha value is -0.860. The molecule has 1 N–H and O–H groups in total. The minimum absolute atomic E-state index is 0.0313. The molecular weight excluding hydrogens is 222 g/mol. The van der Waals surface area contributed by atoms with E-state index in [9.17, 15) is 0 Å². The molecule has 1 aromatic carbocycles. The third-order valence-corrected chi connectivity index (χ3v) is 3.23. The largest absolute Gasteiger partial charge is 0.371 e. The molecule has 18 heavy (non-hydrogen) atoms. The molecule has 0 radical (unpaired) electrons. The summed E-state index contributed by atoms with van der Waals surface area (Å²) in [6.45, 7) is 11.3. The molecule has 0 aliphatic rings.